The quantitative estimate of drug-likeness (QED) is 0.468. The molecule has 0 bridgehead atoms. The molecule has 0 unspecified atom stereocenters. The van der Waals surface area contributed by atoms with Gasteiger partial charge in [-0.2, -0.15) is 0 Å². The Morgan fingerprint density at radius 1 is 1.06 bits per heavy atom. The van der Waals surface area contributed by atoms with Gasteiger partial charge in [0.05, 0.1) is 0 Å². The van der Waals surface area contributed by atoms with E-state index in [1.54, 1.807) is 6.07 Å². The van der Waals surface area contributed by atoms with Crippen molar-refractivity contribution >= 4 is 33.6 Å². The maximum absolute atomic E-state index is 11.3. The first kappa shape index (κ1) is 9.84. The van der Waals surface area contributed by atoms with Crippen LogP contribution in [0.15, 0.2) is 51.7 Å². The first-order chi connectivity index (χ1) is 7.75. The Labute approximate surface area is 105 Å². The summed E-state index contributed by atoms with van der Waals surface area (Å²) in [5.74, 6) is 0.649. The van der Waals surface area contributed by atoms with Crippen molar-refractivity contribution in [3.05, 3.63) is 56.3 Å². The van der Waals surface area contributed by atoms with Gasteiger partial charge in [-0.3, -0.25) is 4.79 Å². The smallest absolute Gasteiger partial charge is 0.182 e. The molecule has 3 rings (SSSR count). The van der Waals surface area contributed by atoms with Crippen LogP contribution in [-0.4, -0.2) is 0 Å². The van der Waals surface area contributed by atoms with Crippen LogP contribution in [0.25, 0.3) is 22.3 Å². The first-order valence-electron chi connectivity index (χ1n) is 4.87. The van der Waals surface area contributed by atoms with Crippen molar-refractivity contribution in [1.29, 1.82) is 0 Å². The fraction of sp³-hybridized carbons (Fsp3) is 0. The summed E-state index contributed by atoms with van der Waals surface area (Å²) in [6.07, 6.45) is 0. The van der Waals surface area contributed by atoms with Gasteiger partial charge in [-0.05, 0) is 40.8 Å². The molecular formula is C13H7IO2. The molecule has 0 spiro atoms. The van der Waals surface area contributed by atoms with E-state index in [0.29, 0.717) is 5.76 Å². The van der Waals surface area contributed by atoms with Crippen molar-refractivity contribution in [2.75, 3.05) is 0 Å². The normalized spacial score (nSPS) is 11.1. The molecule has 1 aromatic rings. The highest BCUT2D eigenvalue weighted by Crippen LogP contribution is 2.32. The van der Waals surface area contributed by atoms with Crippen LogP contribution in [-0.2, 0) is 0 Å². The molecule has 2 aliphatic rings. The van der Waals surface area contributed by atoms with E-state index < -0.39 is 0 Å². The Kier molecular flexibility index (Phi) is 2.21. The molecule has 0 fully saturated rings. The van der Waals surface area contributed by atoms with Crippen molar-refractivity contribution in [3.63, 3.8) is 0 Å². The number of hydrogen-bond donors (Lipinski definition) is 0. The van der Waals surface area contributed by atoms with Crippen molar-refractivity contribution in [1.82, 2.24) is 0 Å². The summed E-state index contributed by atoms with van der Waals surface area (Å²) >= 11 is 2.29. The summed E-state index contributed by atoms with van der Waals surface area (Å²) in [4.78, 5) is 11.3. The van der Waals surface area contributed by atoms with Crippen molar-refractivity contribution in [2.45, 2.75) is 0 Å². The Morgan fingerprint density at radius 3 is 2.75 bits per heavy atom. The van der Waals surface area contributed by atoms with Gasteiger partial charge in [0, 0.05) is 20.6 Å². The highest BCUT2D eigenvalue weighted by molar-refractivity contribution is 14.1. The number of halogens is 1. The van der Waals surface area contributed by atoms with Crippen LogP contribution in [0, 0.1) is 3.57 Å². The molecular weight excluding hydrogens is 315 g/mol. The van der Waals surface area contributed by atoms with Crippen molar-refractivity contribution in [2.24, 2.45) is 0 Å². The van der Waals surface area contributed by atoms with Crippen molar-refractivity contribution < 1.29 is 4.42 Å². The molecule has 0 saturated carbocycles. The van der Waals surface area contributed by atoms with E-state index in [2.05, 4.69) is 22.6 Å². The fourth-order valence-electron chi connectivity index (χ4n) is 1.77. The van der Waals surface area contributed by atoms with Gasteiger partial charge < -0.3 is 4.42 Å². The van der Waals surface area contributed by atoms with E-state index in [0.717, 1.165) is 20.1 Å². The second-order valence-electron chi connectivity index (χ2n) is 3.57. The lowest BCUT2D eigenvalue weighted by molar-refractivity contribution is 0.618. The predicted molar refractivity (Wildman–Crippen MR) is 71.8 cm³/mol. The van der Waals surface area contributed by atoms with Crippen LogP contribution in [0.3, 0.4) is 0 Å². The number of para-hydroxylation sites is 1. The predicted octanol–water partition coefficient (Wildman–Crippen LogP) is 3.50. The number of fused-ring (bicyclic) bond motifs is 2. The second kappa shape index (κ2) is 3.59. The standard InChI is InChI=1S/C13H7IO2/c14-13-9-3-1-2-4-11(9)16-12-7-8(15)5-6-10(12)13/h1-7H. The van der Waals surface area contributed by atoms with Gasteiger partial charge in [-0.25, -0.2) is 0 Å². The zero-order valence-electron chi connectivity index (χ0n) is 8.24. The molecule has 2 nitrogen and oxygen atoms in total. The van der Waals surface area contributed by atoms with E-state index in [9.17, 15) is 4.79 Å². The third-order valence-electron chi connectivity index (χ3n) is 2.53. The second-order valence-corrected chi connectivity index (χ2v) is 4.65. The lowest BCUT2D eigenvalue weighted by atomic mass is 10.1. The van der Waals surface area contributed by atoms with Gasteiger partial charge in [0.2, 0.25) is 0 Å². The minimum Gasteiger partial charge on any atom is -0.456 e. The molecule has 1 heterocycles. The molecule has 0 amide bonds. The Morgan fingerprint density at radius 2 is 1.88 bits per heavy atom. The summed E-state index contributed by atoms with van der Waals surface area (Å²) in [5, 5.41) is 1.08. The lowest BCUT2D eigenvalue weighted by Crippen LogP contribution is -1.99. The summed E-state index contributed by atoms with van der Waals surface area (Å²) in [7, 11) is 0. The van der Waals surface area contributed by atoms with E-state index in [4.69, 9.17) is 4.42 Å². The minimum absolute atomic E-state index is 0.0256. The molecule has 1 aliphatic heterocycles. The number of benzene rings is 2. The largest absolute Gasteiger partial charge is 0.456 e. The van der Waals surface area contributed by atoms with Gasteiger partial charge in [-0.1, -0.05) is 18.2 Å². The zero-order chi connectivity index (χ0) is 11.1. The molecule has 0 N–H and O–H groups in total. The third-order valence-corrected chi connectivity index (χ3v) is 3.70. The highest BCUT2D eigenvalue weighted by atomic mass is 127. The average Bonchev–Trinajstić information content (AvgIpc) is 2.29. The van der Waals surface area contributed by atoms with E-state index in [-0.39, 0.29) is 5.43 Å². The van der Waals surface area contributed by atoms with E-state index >= 15 is 0 Å². The van der Waals surface area contributed by atoms with Crippen LogP contribution < -0.4 is 5.43 Å². The molecule has 0 saturated heterocycles. The topological polar surface area (TPSA) is 30.2 Å². The van der Waals surface area contributed by atoms with Gasteiger partial charge >= 0.3 is 0 Å². The molecule has 78 valence electrons. The summed E-state index contributed by atoms with van der Waals surface area (Å²) in [5.41, 5.74) is 1.77. The van der Waals surface area contributed by atoms with Crippen LogP contribution in [0.1, 0.15) is 0 Å². The monoisotopic (exact) mass is 322 g/mol. The van der Waals surface area contributed by atoms with Gasteiger partial charge in [-0.15, -0.1) is 0 Å². The van der Waals surface area contributed by atoms with Crippen LogP contribution in [0.5, 0.6) is 0 Å². The molecule has 3 heteroatoms. The number of hydrogen-bond acceptors (Lipinski definition) is 2. The zero-order valence-corrected chi connectivity index (χ0v) is 10.4. The van der Waals surface area contributed by atoms with E-state index in [1.165, 1.54) is 6.07 Å². The SMILES string of the molecule is O=c1ccc2c(I)c3ccccc3oc-2c1. The maximum atomic E-state index is 11.3. The molecule has 1 aliphatic carbocycles. The van der Waals surface area contributed by atoms with E-state index in [1.807, 2.05) is 30.3 Å². The first-order valence-corrected chi connectivity index (χ1v) is 5.95. The molecule has 16 heavy (non-hydrogen) atoms. The van der Waals surface area contributed by atoms with Gasteiger partial charge in [0.1, 0.15) is 11.3 Å². The van der Waals surface area contributed by atoms with Gasteiger partial charge in [0.15, 0.2) is 5.43 Å². The van der Waals surface area contributed by atoms with Crippen LogP contribution in [0.4, 0.5) is 0 Å². The Hall–Kier alpha value is -1.36. The maximum Gasteiger partial charge on any atom is 0.182 e. The summed E-state index contributed by atoms with van der Waals surface area (Å²) in [6, 6.07) is 12.7. The lowest BCUT2D eigenvalue weighted by Gasteiger charge is -2.09. The minimum atomic E-state index is -0.0256. The summed E-state index contributed by atoms with van der Waals surface area (Å²) < 4.78 is 6.82. The van der Waals surface area contributed by atoms with Crippen molar-refractivity contribution in [3.8, 4) is 11.3 Å². The molecule has 1 aromatic carbocycles. The Bertz CT molecular complexity index is 700. The average molecular weight is 322 g/mol. The fourth-order valence-corrected chi connectivity index (χ4v) is 2.66. The molecule has 0 radical (unpaired) electrons. The Balaban J connectivity index is 2.56. The summed E-state index contributed by atoms with van der Waals surface area (Å²) in [6.45, 7) is 0. The van der Waals surface area contributed by atoms with Gasteiger partial charge in [0.25, 0.3) is 0 Å². The van der Waals surface area contributed by atoms with Crippen LogP contribution in [0.2, 0.25) is 0 Å². The molecule has 0 atom stereocenters. The van der Waals surface area contributed by atoms with Crippen LogP contribution >= 0.6 is 22.6 Å². The number of rotatable bonds is 0. The highest BCUT2D eigenvalue weighted by Gasteiger charge is 2.12. The molecule has 0 aromatic heterocycles. The third kappa shape index (κ3) is 1.43.